The predicted octanol–water partition coefficient (Wildman–Crippen LogP) is 0.159. The number of hydrogen-bond donors (Lipinski definition) is 1. The van der Waals surface area contributed by atoms with Crippen molar-refractivity contribution in [3.8, 4) is 0 Å². The largest absolute Gasteiger partial charge is 0.385 e. The van der Waals surface area contributed by atoms with Gasteiger partial charge in [0, 0.05) is 26.2 Å². The Morgan fingerprint density at radius 1 is 1.80 bits per heavy atom. The van der Waals surface area contributed by atoms with Crippen molar-refractivity contribution in [3.05, 3.63) is 0 Å². The number of nitrogens with one attached hydrogen (secondary N) is 1. The fourth-order valence-electron chi connectivity index (χ4n) is 1.18. The average Bonchev–Trinajstić information content (AvgIpc) is 2.31. The van der Waals surface area contributed by atoms with E-state index in [4.69, 9.17) is 4.74 Å². The van der Waals surface area contributed by atoms with E-state index < -0.39 is 0 Å². The van der Waals surface area contributed by atoms with E-state index in [2.05, 4.69) is 5.32 Å². The van der Waals surface area contributed by atoms with E-state index in [1.54, 1.807) is 7.11 Å². The summed E-state index contributed by atoms with van der Waals surface area (Å²) < 4.78 is 4.87. The van der Waals surface area contributed by atoms with Crippen LogP contribution in [0.25, 0.3) is 0 Å². The first kappa shape index (κ1) is 7.54. The number of rotatable bonds is 3. The summed E-state index contributed by atoms with van der Waals surface area (Å²) in [6.45, 7) is 1.53. The minimum Gasteiger partial charge on any atom is -0.385 e. The molecule has 0 spiro atoms. The molecule has 10 heavy (non-hydrogen) atoms. The highest BCUT2D eigenvalue weighted by Crippen LogP contribution is 2.12. The third-order valence-electron chi connectivity index (χ3n) is 1.83. The van der Waals surface area contributed by atoms with E-state index in [1.807, 2.05) is 0 Å². The minimum atomic E-state index is 0.192. The molecule has 1 amide bonds. The molecule has 1 aliphatic rings. The Morgan fingerprint density at radius 3 is 3.10 bits per heavy atom. The van der Waals surface area contributed by atoms with Crippen molar-refractivity contribution in [1.29, 1.82) is 0 Å². The van der Waals surface area contributed by atoms with Crippen molar-refractivity contribution in [2.24, 2.45) is 5.92 Å². The van der Waals surface area contributed by atoms with Gasteiger partial charge in [-0.2, -0.15) is 0 Å². The average molecular weight is 143 g/mol. The number of hydrogen-bond acceptors (Lipinski definition) is 2. The molecule has 0 aromatic heterocycles. The summed E-state index contributed by atoms with van der Waals surface area (Å²) >= 11 is 0. The van der Waals surface area contributed by atoms with Gasteiger partial charge in [0.05, 0.1) is 0 Å². The summed E-state index contributed by atoms with van der Waals surface area (Å²) in [6.07, 6.45) is 1.84. The molecule has 0 unspecified atom stereocenters. The summed E-state index contributed by atoms with van der Waals surface area (Å²) in [4.78, 5) is 10.9. The molecule has 1 saturated heterocycles. The van der Waals surface area contributed by atoms with Gasteiger partial charge in [0.25, 0.3) is 0 Å². The van der Waals surface area contributed by atoms with Crippen LogP contribution in [0.2, 0.25) is 0 Å². The van der Waals surface area contributed by atoms with Crippen molar-refractivity contribution in [2.45, 2.75) is 12.8 Å². The van der Waals surface area contributed by atoms with Gasteiger partial charge in [-0.1, -0.05) is 0 Å². The highest BCUT2D eigenvalue weighted by atomic mass is 16.5. The van der Waals surface area contributed by atoms with Crippen LogP contribution >= 0.6 is 0 Å². The van der Waals surface area contributed by atoms with Crippen molar-refractivity contribution >= 4 is 5.91 Å². The third-order valence-corrected chi connectivity index (χ3v) is 1.83. The highest BCUT2D eigenvalue weighted by molar-refractivity contribution is 5.80. The van der Waals surface area contributed by atoms with Crippen LogP contribution in [0.15, 0.2) is 0 Å². The second kappa shape index (κ2) is 3.56. The molecule has 1 atom stereocenters. The van der Waals surface area contributed by atoms with Crippen molar-refractivity contribution in [3.63, 3.8) is 0 Å². The Morgan fingerprint density at radius 2 is 2.60 bits per heavy atom. The molecule has 1 N–H and O–H groups in total. The Balaban J connectivity index is 2.20. The molecule has 1 rings (SSSR count). The van der Waals surface area contributed by atoms with Gasteiger partial charge in [-0.05, 0) is 12.8 Å². The first-order chi connectivity index (χ1) is 4.84. The van der Waals surface area contributed by atoms with Gasteiger partial charge in [0.1, 0.15) is 0 Å². The quantitative estimate of drug-likeness (QED) is 0.611. The fourth-order valence-corrected chi connectivity index (χ4v) is 1.18. The number of methoxy groups -OCH3 is 1. The van der Waals surface area contributed by atoms with E-state index in [1.165, 1.54) is 0 Å². The molecule has 1 heterocycles. The first-order valence-electron chi connectivity index (χ1n) is 3.61. The van der Waals surface area contributed by atoms with Crippen LogP contribution in [0.4, 0.5) is 0 Å². The first-order valence-corrected chi connectivity index (χ1v) is 3.61. The maximum atomic E-state index is 10.9. The van der Waals surface area contributed by atoms with Crippen molar-refractivity contribution in [2.75, 3.05) is 20.3 Å². The van der Waals surface area contributed by atoms with Crippen LogP contribution in [0.3, 0.4) is 0 Å². The molecule has 1 aliphatic heterocycles. The molecule has 58 valence electrons. The van der Waals surface area contributed by atoms with Crippen LogP contribution < -0.4 is 5.32 Å². The molecule has 3 heteroatoms. The molecular weight excluding hydrogens is 130 g/mol. The zero-order valence-corrected chi connectivity index (χ0v) is 6.22. The van der Waals surface area contributed by atoms with Gasteiger partial charge in [0.2, 0.25) is 5.91 Å². The molecule has 0 aromatic rings. The predicted molar refractivity (Wildman–Crippen MR) is 37.6 cm³/mol. The lowest BCUT2D eigenvalue weighted by molar-refractivity contribution is -0.122. The topological polar surface area (TPSA) is 38.3 Å². The third kappa shape index (κ3) is 1.70. The van der Waals surface area contributed by atoms with Gasteiger partial charge in [-0.3, -0.25) is 4.79 Å². The summed E-state index contributed by atoms with van der Waals surface area (Å²) in [7, 11) is 1.66. The zero-order valence-electron chi connectivity index (χ0n) is 6.22. The summed E-state index contributed by atoms with van der Waals surface area (Å²) in [5.41, 5.74) is 0. The van der Waals surface area contributed by atoms with Gasteiger partial charge in [-0.25, -0.2) is 0 Å². The Bertz CT molecular complexity index is 125. The summed E-state index contributed by atoms with van der Waals surface area (Å²) in [5.74, 6) is 0.400. The van der Waals surface area contributed by atoms with Gasteiger partial charge in [-0.15, -0.1) is 0 Å². The molecule has 1 fully saturated rings. The zero-order chi connectivity index (χ0) is 7.40. The van der Waals surface area contributed by atoms with Gasteiger partial charge in [0.15, 0.2) is 0 Å². The Labute approximate surface area is 60.7 Å². The summed E-state index contributed by atoms with van der Waals surface area (Å²) in [5, 5.41) is 2.78. The van der Waals surface area contributed by atoms with Crippen molar-refractivity contribution in [1.82, 2.24) is 5.32 Å². The molecular formula is C7H13NO2. The van der Waals surface area contributed by atoms with Crippen molar-refractivity contribution < 1.29 is 9.53 Å². The monoisotopic (exact) mass is 143 g/mol. The van der Waals surface area contributed by atoms with E-state index in [-0.39, 0.29) is 11.8 Å². The number of amides is 1. The highest BCUT2D eigenvalue weighted by Gasteiger charge is 2.22. The number of ether oxygens (including phenoxy) is 1. The molecule has 0 aliphatic carbocycles. The van der Waals surface area contributed by atoms with Crippen LogP contribution in [0.5, 0.6) is 0 Å². The molecule has 0 saturated carbocycles. The lowest BCUT2D eigenvalue weighted by Gasteiger charge is -2.03. The van der Waals surface area contributed by atoms with Crippen LogP contribution in [-0.4, -0.2) is 26.2 Å². The molecule has 0 aromatic carbocycles. The lowest BCUT2D eigenvalue weighted by Crippen LogP contribution is -2.19. The lowest BCUT2D eigenvalue weighted by atomic mass is 10.1. The SMILES string of the molecule is COCC[C@H]1CCNC1=O. The second-order valence-corrected chi connectivity index (χ2v) is 2.56. The number of carbonyl (C=O) groups excluding carboxylic acids is 1. The van der Waals surface area contributed by atoms with E-state index in [0.717, 1.165) is 19.4 Å². The van der Waals surface area contributed by atoms with E-state index in [0.29, 0.717) is 6.61 Å². The maximum absolute atomic E-state index is 10.9. The van der Waals surface area contributed by atoms with Gasteiger partial charge >= 0.3 is 0 Å². The van der Waals surface area contributed by atoms with Crippen LogP contribution in [0.1, 0.15) is 12.8 Å². The van der Waals surface area contributed by atoms with Gasteiger partial charge < -0.3 is 10.1 Å². The molecule has 0 bridgehead atoms. The fraction of sp³-hybridized carbons (Fsp3) is 0.857. The minimum absolute atomic E-state index is 0.192. The van der Waals surface area contributed by atoms with E-state index in [9.17, 15) is 4.79 Å². The van der Waals surface area contributed by atoms with Crippen LogP contribution in [-0.2, 0) is 9.53 Å². The summed E-state index contributed by atoms with van der Waals surface area (Å²) in [6, 6.07) is 0. The maximum Gasteiger partial charge on any atom is 0.223 e. The normalized spacial score (nSPS) is 24.9. The van der Waals surface area contributed by atoms with E-state index >= 15 is 0 Å². The second-order valence-electron chi connectivity index (χ2n) is 2.56. The number of carbonyl (C=O) groups is 1. The standard InChI is InChI=1S/C7H13NO2/c1-10-5-3-6-2-4-8-7(6)9/h6H,2-5H2,1H3,(H,8,9)/t6-/m1/s1. The molecule has 0 radical (unpaired) electrons. The Kier molecular flexibility index (Phi) is 2.68. The smallest absolute Gasteiger partial charge is 0.223 e. The molecule has 3 nitrogen and oxygen atoms in total. The Hall–Kier alpha value is -0.570. The van der Waals surface area contributed by atoms with Crippen LogP contribution in [0, 0.1) is 5.92 Å².